The van der Waals surface area contributed by atoms with Gasteiger partial charge in [-0.05, 0) is 58.7 Å². The zero-order valence-corrected chi connectivity index (χ0v) is 21.0. The average molecular weight is 532 g/mol. The van der Waals surface area contributed by atoms with Gasteiger partial charge < -0.3 is 5.11 Å². The highest BCUT2D eigenvalue weighted by Crippen LogP contribution is 2.63. The summed E-state index contributed by atoms with van der Waals surface area (Å²) in [5.41, 5.74) is 5.20. The third-order valence-electron chi connectivity index (χ3n) is 8.35. The van der Waals surface area contributed by atoms with Crippen molar-refractivity contribution in [1.29, 1.82) is 0 Å². The van der Waals surface area contributed by atoms with E-state index in [-0.39, 0.29) is 23.1 Å². The molecule has 1 heterocycles. The molecular weight excluding hydrogens is 509 g/mol. The quantitative estimate of drug-likeness (QED) is 0.230. The molecule has 1 aliphatic heterocycles. The van der Waals surface area contributed by atoms with E-state index in [4.69, 9.17) is 0 Å². The van der Waals surface area contributed by atoms with E-state index in [1.165, 1.54) is 36.4 Å². The number of hydrogen-bond acceptors (Lipinski definition) is 5. The normalized spacial score (nSPS) is 24.1. The number of hydrogen-bond donors (Lipinski definition) is 2. The number of carbonyl (C=O) groups is 3. The largest absolute Gasteiger partial charge is 0.507 e. The zero-order valence-electron chi connectivity index (χ0n) is 21.0. The molecule has 0 spiro atoms. The molecule has 4 aliphatic rings. The van der Waals surface area contributed by atoms with Gasteiger partial charge in [0, 0.05) is 12.1 Å². The maximum atomic E-state index is 14.2. The molecule has 2 N–H and O–H groups in total. The second-order valence-electron chi connectivity index (χ2n) is 10.2. The highest BCUT2D eigenvalue weighted by Gasteiger charge is 2.68. The number of anilines is 1. The number of hydrazone groups is 1. The first-order valence-corrected chi connectivity index (χ1v) is 12.9. The molecule has 8 rings (SSSR count). The number of para-hydroxylation sites is 1. The Morgan fingerprint density at radius 1 is 0.850 bits per heavy atom. The van der Waals surface area contributed by atoms with Crippen LogP contribution in [-0.2, 0) is 15.0 Å². The van der Waals surface area contributed by atoms with Crippen molar-refractivity contribution in [3.05, 3.63) is 131 Å². The third kappa shape index (κ3) is 3.16. The highest BCUT2D eigenvalue weighted by molar-refractivity contribution is 6.25. The highest BCUT2D eigenvalue weighted by atomic mass is 19.1. The van der Waals surface area contributed by atoms with E-state index in [0.717, 1.165) is 27.2 Å². The molecule has 0 unspecified atom stereocenters. The zero-order chi connectivity index (χ0) is 27.6. The van der Waals surface area contributed by atoms with Gasteiger partial charge in [0.25, 0.3) is 5.91 Å². The van der Waals surface area contributed by atoms with Gasteiger partial charge in [0.15, 0.2) is 0 Å². The Bertz CT molecular complexity index is 1700. The lowest BCUT2D eigenvalue weighted by Crippen LogP contribution is -2.54. The van der Waals surface area contributed by atoms with Gasteiger partial charge in [-0.3, -0.25) is 14.4 Å². The fourth-order valence-corrected chi connectivity index (χ4v) is 6.81. The topological polar surface area (TPSA) is 99.1 Å². The van der Waals surface area contributed by atoms with Crippen molar-refractivity contribution in [2.45, 2.75) is 11.3 Å². The molecule has 1 fully saturated rings. The summed E-state index contributed by atoms with van der Waals surface area (Å²) in [5, 5.41) is 14.5. The Morgan fingerprint density at radius 2 is 1.45 bits per heavy atom. The van der Waals surface area contributed by atoms with Crippen LogP contribution in [0.2, 0.25) is 0 Å². The summed E-state index contributed by atoms with van der Waals surface area (Å²) < 4.78 is 13.7. The van der Waals surface area contributed by atoms with Gasteiger partial charge in [-0.1, -0.05) is 60.7 Å². The molecule has 0 radical (unpaired) electrons. The van der Waals surface area contributed by atoms with Crippen LogP contribution in [0, 0.1) is 17.7 Å². The van der Waals surface area contributed by atoms with Crippen molar-refractivity contribution in [3.8, 4) is 5.75 Å². The smallest absolute Gasteiger partial charge is 0.275 e. The molecule has 196 valence electrons. The lowest BCUT2D eigenvalue weighted by molar-refractivity contribution is -0.122. The summed E-state index contributed by atoms with van der Waals surface area (Å²) in [6.45, 7) is 0. The monoisotopic (exact) mass is 531 g/mol. The molecule has 0 aromatic heterocycles. The Hall–Kier alpha value is -5.11. The molecule has 2 atom stereocenters. The molecule has 0 saturated carbocycles. The number of rotatable bonds is 4. The Morgan fingerprint density at radius 3 is 2.10 bits per heavy atom. The first-order chi connectivity index (χ1) is 19.4. The van der Waals surface area contributed by atoms with E-state index in [0.29, 0.717) is 5.69 Å². The number of nitrogens with one attached hydrogen (secondary N) is 1. The average Bonchev–Trinajstić information content (AvgIpc) is 3.24. The van der Waals surface area contributed by atoms with E-state index in [2.05, 4.69) is 10.5 Å². The molecule has 2 bridgehead atoms. The van der Waals surface area contributed by atoms with Crippen LogP contribution in [0.1, 0.15) is 38.5 Å². The fourth-order valence-electron chi connectivity index (χ4n) is 6.81. The summed E-state index contributed by atoms with van der Waals surface area (Å²) in [5.74, 6) is -3.95. The number of phenolic OH excluding ortho intramolecular Hbond substituents is 1. The summed E-state index contributed by atoms with van der Waals surface area (Å²) in [6.07, 6.45) is 1.55. The minimum Gasteiger partial charge on any atom is -0.507 e. The molecule has 4 aromatic carbocycles. The van der Waals surface area contributed by atoms with Gasteiger partial charge in [-0.2, -0.15) is 5.10 Å². The molecule has 8 heteroatoms. The van der Waals surface area contributed by atoms with Crippen LogP contribution < -0.4 is 10.3 Å². The summed E-state index contributed by atoms with van der Waals surface area (Å²) in [6, 6.07) is 26.8. The second kappa shape index (κ2) is 8.71. The Balaban J connectivity index is 1.41. The molecule has 3 aliphatic carbocycles. The van der Waals surface area contributed by atoms with E-state index in [1.807, 2.05) is 48.5 Å². The maximum absolute atomic E-state index is 14.2. The molecule has 1 saturated heterocycles. The van der Waals surface area contributed by atoms with Crippen LogP contribution in [0.5, 0.6) is 5.75 Å². The fraction of sp³-hybridized carbons (Fsp3) is 0.125. The van der Waals surface area contributed by atoms with Gasteiger partial charge in [0.1, 0.15) is 11.6 Å². The van der Waals surface area contributed by atoms with Crippen molar-refractivity contribution in [3.63, 3.8) is 0 Å². The second-order valence-corrected chi connectivity index (χ2v) is 10.2. The lowest BCUT2D eigenvalue weighted by atomic mass is 9.47. The number of carbonyl (C=O) groups excluding carboxylic acids is 3. The Kier molecular flexibility index (Phi) is 5.22. The van der Waals surface area contributed by atoms with Gasteiger partial charge in [-0.25, -0.2) is 14.7 Å². The number of nitrogens with zero attached hydrogens (tertiary/aromatic N) is 2. The van der Waals surface area contributed by atoms with Crippen LogP contribution in [0.3, 0.4) is 0 Å². The number of imide groups is 1. The van der Waals surface area contributed by atoms with Crippen LogP contribution in [-0.4, -0.2) is 29.0 Å². The van der Waals surface area contributed by atoms with Gasteiger partial charge in [0.05, 0.1) is 28.5 Å². The number of amides is 3. The summed E-state index contributed by atoms with van der Waals surface area (Å²) >= 11 is 0. The first kappa shape index (κ1) is 24.0. The third-order valence-corrected chi connectivity index (χ3v) is 8.35. The van der Waals surface area contributed by atoms with E-state index < -0.39 is 34.9 Å². The van der Waals surface area contributed by atoms with Gasteiger partial charge in [-0.15, -0.1) is 0 Å². The van der Waals surface area contributed by atoms with Crippen LogP contribution in [0.25, 0.3) is 0 Å². The SMILES string of the molecule is O=C(N/N=C\C12c3ccccc3C(c3ccccc31)[C@H]1C(=O)N(c3ccc(F)cc3)C(=O)[C@@H]12)c1ccccc1O. The standard InChI is InChI=1S/C32H22FN3O4/c33-18-13-15-19(16-14-18)36-30(39)27-26-20-7-1-4-10-23(20)32(28(27)31(36)40,24-11-5-2-8-21(24)26)17-34-35-29(38)22-9-3-6-12-25(22)37/h1-17,26-28,37H,(H,35,38)/b34-17-/t26?,27-,28-,32?/m1/s1. The lowest BCUT2D eigenvalue weighted by Gasteiger charge is -2.52. The molecular formula is C32H22FN3O4. The number of aromatic hydroxyl groups is 1. The van der Waals surface area contributed by atoms with Crippen LogP contribution in [0.4, 0.5) is 10.1 Å². The predicted octanol–water partition coefficient (Wildman–Crippen LogP) is 4.50. The van der Waals surface area contributed by atoms with Crippen molar-refractivity contribution in [1.82, 2.24) is 5.43 Å². The van der Waals surface area contributed by atoms with Crippen molar-refractivity contribution in [2.75, 3.05) is 4.90 Å². The molecule has 3 amide bonds. The van der Waals surface area contributed by atoms with Gasteiger partial charge in [0.2, 0.25) is 11.8 Å². The van der Waals surface area contributed by atoms with Crippen molar-refractivity contribution < 1.29 is 23.9 Å². The van der Waals surface area contributed by atoms with Crippen molar-refractivity contribution >= 4 is 29.6 Å². The molecule has 4 aromatic rings. The van der Waals surface area contributed by atoms with E-state index >= 15 is 0 Å². The Labute approximate surface area is 228 Å². The molecule has 40 heavy (non-hydrogen) atoms. The predicted molar refractivity (Wildman–Crippen MR) is 145 cm³/mol. The maximum Gasteiger partial charge on any atom is 0.275 e. The van der Waals surface area contributed by atoms with Crippen LogP contribution >= 0.6 is 0 Å². The minimum atomic E-state index is -1.17. The van der Waals surface area contributed by atoms with E-state index in [1.54, 1.807) is 18.3 Å². The van der Waals surface area contributed by atoms with Gasteiger partial charge >= 0.3 is 0 Å². The number of phenols is 1. The minimum absolute atomic E-state index is 0.0535. The van der Waals surface area contributed by atoms with Crippen LogP contribution in [0.15, 0.2) is 102 Å². The summed E-state index contributed by atoms with van der Waals surface area (Å²) in [7, 11) is 0. The van der Waals surface area contributed by atoms with Crippen molar-refractivity contribution in [2.24, 2.45) is 16.9 Å². The number of benzene rings is 4. The summed E-state index contributed by atoms with van der Waals surface area (Å²) in [4.78, 5) is 42.3. The van der Waals surface area contributed by atoms with E-state index in [9.17, 15) is 23.9 Å². The molecule has 7 nitrogen and oxygen atoms in total. The first-order valence-electron chi connectivity index (χ1n) is 12.9. The number of halogens is 1.